The van der Waals surface area contributed by atoms with E-state index in [4.69, 9.17) is 23.8 Å². The van der Waals surface area contributed by atoms with Crippen LogP contribution in [0, 0.1) is 0 Å². The van der Waals surface area contributed by atoms with Gasteiger partial charge in [0.1, 0.15) is 0 Å². The predicted octanol–water partition coefficient (Wildman–Crippen LogP) is 1.60. The molecule has 0 saturated carbocycles. The molecule has 0 fully saturated rings. The maximum Gasteiger partial charge on any atom is 0.252 e. The van der Waals surface area contributed by atoms with Gasteiger partial charge in [-0.05, 0) is 6.08 Å². The molecule has 1 aliphatic carbocycles. The molecule has 1 aliphatic rings. The van der Waals surface area contributed by atoms with Gasteiger partial charge >= 0.3 is 0 Å². The van der Waals surface area contributed by atoms with Crippen LogP contribution in [-0.2, 0) is 4.79 Å². The second-order valence-electron chi connectivity index (χ2n) is 2.58. The maximum atomic E-state index is 11.4. The molecule has 0 bridgehead atoms. The van der Waals surface area contributed by atoms with E-state index < -0.39 is 0 Å². The van der Waals surface area contributed by atoms with E-state index in [-0.39, 0.29) is 5.91 Å². The van der Waals surface area contributed by atoms with Crippen molar-refractivity contribution in [2.45, 2.75) is 6.42 Å². The Bertz CT molecular complexity index is 283. The molecule has 1 rings (SSSR count). The highest BCUT2D eigenvalue weighted by molar-refractivity contribution is 7.81. The molecule has 0 radical (unpaired) electrons. The van der Waals surface area contributed by atoms with Crippen LogP contribution >= 0.6 is 23.8 Å². The summed E-state index contributed by atoms with van der Waals surface area (Å²) in [6.45, 7) is 0.476. The lowest BCUT2D eigenvalue weighted by atomic mass is 10.0. The smallest absolute Gasteiger partial charge is 0.252 e. The number of hydrogen-bond donors (Lipinski definition) is 1. The Balaban J connectivity index is 2.59. The zero-order valence-corrected chi connectivity index (χ0v) is 8.62. The van der Waals surface area contributed by atoms with Gasteiger partial charge in [-0.3, -0.25) is 4.79 Å². The van der Waals surface area contributed by atoms with Crippen LogP contribution in [-0.4, -0.2) is 23.2 Å². The second kappa shape index (κ2) is 5.14. The minimum absolute atomic E-state index is 0.130. The maximum absolute atomic E-state index is 11.4. The average molecular weight is 216 g/mol. The number of carbonyl (C=O) groups excluding carboxylic acids is 1. The summed E-state index contributed by atoms with van der Waals surface area (Å²) in [5.41, 5.74) is 0.586. The quantitative estimate of drug-likeness (QED) is 0.573. The Morgan fingerprint density at radius 2 is 2.46 bits per heavy atom. The van der Waals surface area contributed by atoms with Crippen LogP contribution in [0.1, 0.15) is 6.42 Å². The molecule has 0 unspecified atom stereocenters. The van der Waals surface area contributed by atoms with Crippen molar-refractivity contribution in [3.8, 4) is 0 Å². The summed E-state index contributed by atoms with van der Waals surface area (Å²) < 4.78 is 0. The summed E-state index contributed by atoms with van der Waals surface area (Å²) in [5, 5.41) is 2.67. The van der Waals surface area contributed by atoms with Crippen molar-refractivity contribution in [1.29, 1.82) is 0 Å². The molecular weight excluding hydrogens is 206 g/mol. The van der Waals surface area contributed by atoms with Crippen molar-refractivity contribution in [3.63, 3.8) is 0 Å². The highest BCUT2D eigenvalue weighted by atomic mass is 35.5. The Kier molecular flexibility index (Phi) is 4.12. The molecule has 13 heavy (non-hydrogen) atoms. The summed E-state index contributed by atoms with van der Waals surface area (Å²) in [6.07, 6.45) is 6.18. The third-order valence-corrected chi connectivity index (χ3v) is 2.20. The van der Waals surface area contributed by atoms with Crippen molar-refractivity contribution in [2.24, 2.45) is 0 Å². The van der Waals surface area contributed by atoms with Crippen LogP contribution in [0.25, 0.3) is 0 Å². The lowest BCUT2D eigenvalue weighted by Gasteiger charge is -2.09. The number of amides is 1. The van der Waals surface area contributed by atoms with E-state index in [1.54, 1.807) is 6.08 Å². The van der Waals surface area contributed by atoms with Crippen molar-refractivity contribution >= 4 is 34.6 Å². The molecule has 1 N–H and O–H groups in total. The van der Waals surface area contributed by atoms with E-state index in [2.05, 4.69) is 5.32 Å². The van der Waals surface area contributed by atoms with Gasteiger partial charge in [-0.2, -0.15) is 0 Å². The van der Waals surface area contributed by atoms with E-state index in [1.807, 2.05) is 12.2 Å². The van der Waals surface area contributed by atoms with Gasteiger partial charge in [-0.1, -0.05) is 24.4 Å². The first-order valence-electron chi connectivity index (χ1n) is 4.00. The van der Waals surface area contributed by atoms with E-state index >= 15 is 0 Å². The molecule has 0 aliphatic heterocycles. The zero-order chi connectivity index (χ0) is 9.68. The molecule has 0 heterocycles. The third kappa shape index (κ3) is 2.94. The van der Waals surface area contributed by atoms with Crippen molar-refractivity contribution < 1.29 is 4.79 Å². The van der Waals surface area contributed by atoms with Crippen LogP contribution in [0.15, 0.2) is 23.8 Å². The third-order valence-electron chi connectivity index (χ3n) is 1.63. The van der Waals surface area contributed by atoms with E-state index in [0.717, 1.165) is 0 Å². The van der Waals surface area contributed by atoms with Crippen LogP contribution < -0.4 is 5.32 Å². The minimum atomic E-state index is -0.130. The first kappa shape index (κ1) is 10.4. The largest absolute Gasteiger partial charge is 0.351 e. The lowest BCUT2D eigenvalue weighted by molar-refractivity contribution is -0.116. The van der Waals surface area contributed by atoms with E-state index in [0.29, 0.717) is 29.3 Å². The Morgan fingerprint density at radius 3 is 3.08 bits per heavy atom. The molecule has 0 spiro atoms. The summed E-state index contributed by atoms with van der Waals surface area (Å²) in [5.74, 6) is 0.289. The van der Waals surface area contributed by atoms with Crippen LogP contribution in [0.4, 0.5) is 0 Å². The molecule has 70 valence electrons. The minimum Gasteiger partial charge on any atom is -0.351 e. The van der Waals surface area contributed by atoms with Crippen molar-refractivity contribution in [2.75, 3.05) is 12.4 Å². The monoisotopic (exact) mass is 215 g/mol. The normalized spacial score (nSPS) is 15.5. The highest BCUT2D eigenvalue weighted by Crippen LogP contribution is 2.09. The Morgan fingerprint density at radius 1 is 1.69 bits per heavy atom. The molecule has 1 amide bonds. The van der Waals surface area contributed by atoms with E-state index in [1.165, 1.54) is 0 Å². The fourth-order valence-electron chi connectivity index (χ4n) is 1.00. The van der Waals surface area contributed by atoms with Gasteiger partial charge in [0.25, 0.3) is 5.91 Å². The molecule has 0 aromatic carbocycles. The summed E-state index contributed by atoms with van der Waals surface area (Å²) in [4.78, 5) is 12.1. The average Bonchev–Trinajstić information content (AvgIpc) is 2.15. The topological polar surface area (TPSA) is 29.1 Å². The first-order chi connectivity index (χ1) is 6.25. The van der Waals surface area contributed by atoms with Gasteiger partial charge in [0.05, 0.1) is 5.57 Å². The first-order valence-corrected chi connectivity index (χ1v) is 4.94. The number of rotatable bonds is 3. The molecule has 4 heteroatoms. The second-order valence-corrected chi connectivity index (χ2v) is 3.45. The van der Waals surface area contributed by atoms with Gasteiger partial charge in [0.2, 0.25) is 0 Å². The van der Waals surface area contributed by atoms with Crippen LogP contribution in [0.2, 0.25) is 0 Å². The highest BCUT2D eigenvalue weighted by Gasteiger charge is 2.13. The molecular formula is C9H10ClNOS. The number of nitrogens with one attached hydrogen (secondary N) is 1. The van der Waals surface area contributed by atoms with Crippen molar-refractivity contribution in [3.05, 3.63) is 23.8 Å². The standard InChI is InChI=1S/C9H10ClNOS/c10-5-6-11-9(12)7-3-1-2-4-8(7)13/h1-3H,4-6H2,(H,11,12). The zero-order valence-electron chi connectivity index (χ0n) is 7.05. The van der Waals surface area contributed by atoms with Gasteiger partial charge in [0, 0.05) is 23.7 Å². The number of allylic oxidation sites excluding steroid dienone is 3. The molecule has 0 atom stereocenters. The summed E-state index contributed by atoms with van der Waals surface area (Å²) in [6, 6.07) is 0. The van der Waals surface area contributed by atoms with Gasteiger partial charge < -0.3 is 5.32 Å². The number of halogens is 1. The van der Waals surface area contributed by atoms with Gasteiger partial charge in [0.15, 0.2) is 0 Å². The molecule has 0 saturated heterocycles. The SMILES string of the molecule is O=C(NCCCl)C1=CC=CCC1=S. The fraction of sp³-hybridized carbons (Fsp3) is 0.333. The number of alkyl halides is 1. The van der Waals surface area contributed by atoms with Gasteiger partial charge in [-0.25, -0.2) is 0 Å². The van der Waals surface area contributed by atoms with E-state index in [9.17, 15) is 4.79 Å². The Labute approximate surface area is 87.6 Å². The van der Waals surface area contributed by atoms with Crippen molar-refractivity contribution in [1.82, 2.24) is 5.32 Å². The van der Waals surface area contributed by atoms with Crippen LogP contribution in [0.5, 0.6) is 0 Å². The fourth-order valence-corrected chi connectivity index (χ4v) is 1.35. The van der Waals surface area contributed by atoms with Crippen LogP contribution in [0.3, 0.4) is 0 Å². The number of hydrogen-bond acceptors (Lipinski definition) is 2. The molecule has 0 aromatic rings. The number of carbonyl (C=O) groups is 1. The summed E-state index contributed by atoms with van der Waals surface area (Å²) >= 11 is 10.5. The predicted molar refractivity (Wildman–Crippen MR) is 58.2 cm³/mol. The number of thiocarbonyl (C=S) groups is 1. The molecule has 2 nitrogen and oxygen atoms in total. The van der Waals surface area contributed by atoms with Gasteiger partial charge in [-0.15, -0.1) is 11.6 Å². The Hall–Kier alpha value is -0.670. The summed E-state index contributed by atoms with van der Waals surface area (Å²) in [7, 11) is 0. The molecule has 0 aromatic heterocycles. The lowest BCUT2D eigenvalue weighted by Crippen LogP contribution is -2.29.